The highest BCUT2D eigenvalue weighted by atomic mass is 16.6. The first kappa shape index (κ1) is 25.9. The second kappa shape index (κ2) is 11.3. The van der Waals surface area contributed by atoms with Crippen LogP contribution >= 0.6 is 0 Å². The molecule has 1 fully saturated rings. The van der Waals surface area contributed by atoms with E-state index in [9.17, 15) is 19.5 Å². The summed E-state index contributed by atoms with van der Waals surface area (Å²) in [5.74, 6) is -0.832. The first-order valence-corrected chi connectivity index (χ1v) is 10.6. The van der Waals surface area contributed by atoms with Crippen molar-refractivity contribution in [3.05, 3.63) is 12.7 Å². The summed E-state index contributed by atoms with van der Waals surface area (Å²) in [6.07, 6.45) is 2.97. The van der Waals surface area contributed by atoms with Gasteiger partial charge in [0.05, 0.1) is 13.2 Å². The Kier molecular flexibility index (Phi) is 9.81. The third-order valence-electron chi connectivity index (χ3n) is 5.26. The SMILES string of the molecule is C=CC(C)CCC[C@@H](C)[C@H](NC(=O)OC(C)(C)C)C(=O)N1C[C@H](O)C[C@H]1C(=O)OC. The van der Waals surface area contributed by atoms with Gasteiger partial charge in [-0.15, -0.1) is 6.58 Å². The van der Waals surface area contributed by atoms with Crippen LogP contribution in [0.5, 0.6) is 0 Å². The van der Waals surface area contributed by atoms with E-state index in [1.807, 2.05) is 13.0 Å². The van der Waals surface area contributed by atoms with E-state index in [-0.39, 0.29) is 18.9 Å². The van der Waals surface area contributed by atoms with Gasteiger partial charge in [-0.3, -0.25) is 4.79 Å². The number of allylic oxidation sites excluding steroid dienone is 1. The second-order valence-electron chi connectivity index (χ2n) is 9.16. The number of aliphatic hydroxyl groups is 1. The Morgan fingerprint density at radius 1 is 1.27 bits per heavy atom. The van der Waals surface area contributed by atoms with Crippen LogP contribution in [0, 0.1) is 11.8 Å². The summed E-state index contributed by atoms with van der Waals surface area (Å²) < 4.78 is 10.1. The monoisotopic (exact) mass is 426 g/mol. The van der Waals surface area contributed by atoms with E-state index in [2.05, 4.69) is 18.8 Å². The molecule has 1 rings (SSSR count). The van der Waals surface area contributed by atoms with Crippen molar-refractivity contribution in [2.24, 2.45) is 11.8 Å². The van der Waals surface area contributed by atoms with Gasteiger partial charge in [0.2, 0.25) is 5.91 Å². The zero-order valence-electron chi connectivity index (χ0n) is 19.1. The van der Waals surface area contributed by atoms with Crippen molar-refractivity contribution >= 4 is 18.0 Å². The minimum absolute atomic E-state index is 0.0192. The molecule has 0 aromatic heterocycles. The van der Waals surface area contributed by atoms with Crippen LogP contribution in [0.15, 0.2) is 12.7 Å². The number of hydrogen-bond acceptors (Lipinski definition) is 6. The van der Waals surface area contributed by atoms with Crippen LogP contribution in [-0.2, 0) is 19.1 Å². The molecule has 1 aliphatic rings. The Balaban J connectivity index is 2.99. The van der Waals surface area contributed by atoms with E-state index in [1.165, 1.54) is 12.0 Å². The van der Waals surface area contributed by atoms with Crippen molar-refractivity contribution in [1.82, 2.24) is 10.2 Å². The quantitative estimate of drug-likeness (QED) is 0.434. The van der Waals surface area contributed by atoms with Crippen LogP contribution in [0.3, 0.4) is 0 Å². The van der Waals surface area contributed by atoms with Gasteiger partial charge in [0, 0.05) is 13.0 Å². The molecule has 0 spiro atoms. The number of carbonyl (C=O) groups excluding carboxylic acids is 3. The number of nitrogens with zero attached hydrogens (tertiary/aromatic N) is 1. The summed E-state index contributed by atoms with van der Waals surface area (Å²) in [7, 11) is 1.25. The van der Waals surface area contributed by atoms with E-state index in [0.717, 1.165) is 12.8 Å². The average Bonchev–Trinajstić information content (AvgIpc) is 3.04. The summed E-state index contributed by atoms with van der Waals surface area (Å²) >= 11 is 0. The molecule has 8 nitrogen and oxygen atoms in total. The van der Waals surface area contributed by atoms with Crippen LogP contribution < -0.4 is 5.32 Å². The Bertz CT molecular complexity index is 615. The number of esters is 1. The summed E-state index contributed by atoms with van der Waals surface area (Å²) in [6.45, 7) is 13.0. The number of methoxy groups -OCH3 is 1. The molecular formula is C22H38N2O6. The highest BCUT2D eigenvalue weighted by Crippen LogP contribution is 2.24. The molecule has 2 amide bonds. The molecule has 0 aromatic carbocycles. The van der Waals surface area contributed by atoms with Crippen molar-refractivity contribution in [2.45, 2.75) is 84.1 Å². The van der Waals surface area contributed by atoms with Gasteiger partial charge in [-0.25, -0.2) is 9.59 Å². The fraction of sp³-hybridized carbons (Fsp3) is 0.773. The lowest BCUT2D eigenvalue weighted by atomic mass is 9.92. The predicted molar refractivity (Wildman–Crippen MR) is 114 cm³/mol. The summed E-state index contributed by atoms with van der Waals surface area (Å²) in [5, 5.41) is 12.7. The van der Waals surface area contributed by atoms with Gasteiger partial charge in [0.1, 0.15) is 17.7 Å². The molecule has 1 heterocycles. The average molecular weight is 427 g/mol. The molecule has 2 N–H and O–H groups in total. The Morgan fingerprint density at radius 2 is 1.90 bits per heavy atom. The van der Waals surface area contributed by atoms with Crippen molar-refractivity contribution in [3.8, 4) is 0 Å². The fourth-order valence-corrected chi connectivity index (χ4v) is 3.52. The summed E-state index contributed by atoms with van der Waals surface area (Å²) in [5.41, 5.74) is -0.710. The molecule has 1 saturated heterocycles. The predicted octanol–water partition coefficient (Wildman–Crippen LogP) is 2.64. The van der Waals surface area contributed by atoms with Gasteiger partial charge in [0.15, 0.2) is 0 Å². The number of ether oxygens (including phenoxy) is 2. The maximum absolute atomic E-state index is 13.3. The minimum atomic E-state index is -0.878. The highest BCUT2D eigenvalue weighted by Gasteiger charge is 2.43. The lowest BCUT2D eigenvalue weighted by Crippen LogP contribution is -2.55. The van der Waals surface area contributed by atoms with Crippen LogP contribution in [0.25, 0.3) is 0 Å². The molecule has 5 atom stereocenters. The van der Waals surface area contributed by atoms with Crippen LogP contribution in [0.1, 0.15) is 60.3 Å². The zero-order valence-corrected chi connectivity index (χ0v) is 19.1. The molecule has 0 saturated carbocycles. The fourth-order valence-electron chi connectivity index (χ4n) is 3.52. The summed E-state index contributed by atoms with van der Waals surface area (Å²) in [6, 6.07) is -1.75. The van der Waals surface area contributed by atoms with Gasteiger partial charge >= 0.3 is 12.1 Å². The molecule has 0 aromatic rings. The number of nitrogens with one attached hydrogen (secondary N) is 1. The Hall–Kier alpha value is -2.09. The number of β-amino-alcohol motifs (C(OH)–C–C–N with tert-alkyl or cyclic N) is 1. The van der Waals surface area contributed by atoms with Gasteiger partial charge in [-0.05, 0) is 45.4 Å². The Labute approximate surface area is 180 Å². The minimum Gasteiger partial charge on any atom is -0.467 e. The maximum Gasteiger partial charge on any atom is 0.408 e. The smallest absolute Gasteiger partial charge is 0.408 e. The first-order chi connectivity index (χ1) is 13.9. The standard InChI is InChI=1S/C22H38N2O6/c1-8-14(2)10-9-11-15(3)18(23-21(28)30-22(4,5)6)19(26)24-13-16(25)12-17(24)20(27)29-7/h8,14-18,25H,1,9-13H2,2-7H3,(H,23,28)/t14?,15-,16-,17+,18+/m1/s1. The molecule has 0 radical (unpaired) electrons. The van der Waals surface area contributed by atoms with Crippen molar-refractivity contribution in [1.29, 1.82) is 0 Å². The number of amides is 2. The normalized spacial score (nSPS) is 22.0. The highest BCUT2D eigenvalue weighted by molar-refractivity contribution is 5.90. The second-order valence-corrected chi connectivity index (χ2v) is 9.16. The van der Waals surface area contributed by atoms with E-state index in [1.54, 1.807) is 20.8 Å². The van der Waals surface area contributed by atoms with Crippen molar-refractivity contribution in [2.75, 3.05) is 13.7 Å². The first-order valence-electron chi connectivity index (χ1n) is 10.6. The zero-order chi connectivity index (χ0) is 23.1. The van der Waals surface area contributed by atoms with Crippen LogP contribution in [0.2, 0.25) is 0 Å². The lowest BCUT2D eigenvalue weighted by molar-refractivity contribution is -0.152. The number of hydrogen-bond donors (Lipinski definition) is 2. The van der Waals surface area contributed by atoms with E-state index in [0.29, 0.717) is 12.3 Å². The van der Waals surface area contributed by atoms with Crippen LogP contribution in [-0.4, -0.2) is 65.4 Å². The number of likely N-dealkylation sites (tertiary alicyclic amines) is 1. The molecule has 8 heteroatoms. The number of alkyl carbamates (subject to hydrolysis) is 1. The van der Waals surface area contributed by atoms with E-state index >= 15 is 0 Å². The largest absolute Gasteiger partial charge is 0.467 e. The maximum atomic E-state index is 13.3. The molecule has 172 valence electrons. The van der Waals surface area contributed by atoms with Crippen molar-refractivity contribution < 1.29 is 29.0 Å². The van der Waals surface area contributed by atoms with E-state index < -0.39 is 41.8 Å². The number of rotatable bonds is 9. The molecule has 0 aliphatic carbocycles. The van der Waals surface area contributed by atoms with Crippen molar-refractivity contribution in [3.63, 3.8) is 0 Å². The molecule has 1 aliphatic heterocycles. The third-order valence-corrected chi connectivity index (χ3v) is 5.26. The lowest BCUT2D eigenvalue weighted by Gasteiger charge is -2.31. The van der Waals surface area contributed by atoms with E-state index in [4.69, 9.17) is 9.47 Å². The number of carbonyl (C=O) groups is 3. The molecule has 0 bridgehead atoms. The van der Waals surface area contributed by atoms with Gasteiger partial charge < -0.3 is 24.8 Å². The number of aliphatic hydroxyl groups excluding tert-OH is 1. The van der Waals surface area contributed by atoms with Gasteiger partial charge in [0.25, 0.3) is 0 Å². The molecule has 30 heavy (non-hydrogen) atoms. The topological polar surface area (TPSA) is 105 Å². The molecule has 1 unspecified atom stereocenters. The Morgan fingerprint density at radius 3 is 2.43 bits per heavy atom. The molecular weight excluding hydrogens is 388 g/mol. The summed E-state index contributed by atoms with van der Waals surface area (Å²) in [4.78, 5) is 39.2. The third kappa shape index (κ3) is 7.97. The van der Waals surface area contributed by atoms with Gasteiger partial charge in [-0.2, -0.15) is 0 Å². The van der Waals surface area contributed by atoms with Gasteiger partial charge in [-0.1, -0.05) is 26.3 Å². The van der Waals surface area contributed by atoms with Crippen LogP contribution in [0.4, 0.5) is 4.79 Å².